The number of hydrogen-bond donors (Lipinski definition) is 3. The smallest absolute Gasteiger partial charge is 0.358 e. The maximum atomic E-state index is 10.9. The first-order valence-electron chi connectivity index (χ1n) is 3.21. The van der Waals surface area contributed by atoms with E-state index >= 15 is 0 Å². The second-order valence-corrected chi connectivity index (χ2v) is 4.86. The average Bonchev–Trinajstić information content (AvgIpc) is 2.28. The predicted molar refractivity (Wildman–Crippen MR) is 47.7 cm³/mol. The summed E-state index contributed by atoms with van der Waals surface area (Å²) in [6.07, 6.45) is 0. The standard InChI is InChI=1S/C6H7O5PS/c1-3-2-13-5(6(7)8)4(3)12(9,10)11/h2H,1H3,(H,7,8)(H2,9,10,11). The van der Waals surface area contributed by atoms with Gasteiger partial charge in [0.2, 0.25) is 0 Å². The molecular formula is C6H7O5PS. The highest BCUT2D eigenvalue weighted by Crippen LogP contribution is 2.38. The van der Waals surface area contributed by atoms with Crippen LogP contribution in [0.25, 0.3) is 0 Å². The first-order valence-corrected chi connectivity index (χ1v) is 5.70. The van der Waals surface area contributed by atoms with Gasteiger partial charge in [-0.05, 0) is 17.9 Å². The predicted octanol–water partition coefficient (Wildman–Crippen LogP) is 0.558. The zero-order valence-corrected chi connectivity index (χ0v) is 8.30. The number of rotatable bonds is 2. The van der Waals surface area contributed by atoms with Crippen LogP contribution in [0.15, 0.2) is 5.38 Å². The zero-order chi connectivity index (χ0) is 10.2. The number of carboxylic acid groups (broad SMARTS) is 1. The number of aromatic carboxylic acids is 1. The van der Waals surface area contributed by atoms with Crippen LogP contribution in [0.1, 0.15) is 15.2 Å². The molecule has 0 amide bonds. The van der Waals surface area contributed by atoms with E-state index < -0.39 is 13.6 Å². The van der Waals surface area contributed by atoms with Crippen molar-refractivity contribution in [2.75, 3.05) is 0 Å². The summed E-state index contributed by atoms with van der Waals surface area (Å²) >= 11 is 0.819. The lowest BCUT2D eigenvalue weighted by Crippen LogP contribution is -2.13. The van der Waals surface area contributed by atoms with Gasteiger partial charge in [0.05, 0.1) is 5.30 Å². The lowest BCUT2D eigenvalue weighted by atomic mass is 10.3. The van der Waals surface area contributed by atoms with Crippen molar-refractivity contribution in [3.05, 3.63) is 15.8 Å². The molecule has 0 aromatic carbocycles. The molecule has 0 fully saturated rings. The number of carbonyl (C=O) groups is 1. The van der Waals surface area contributed by atoms with Crippen molar-refractivity contribution in [1.82, 2.24) is 0 Å². The van der Waals surface area contributed by atoms with Crippen molar-refractivity contribution in [2.24, 2.45) is 0 Å². The van der Waals surface area contributed by atoms with Gasteiger partial charge in [-0.3, -0.25) is 4.57 Å². The molecule has 0 bridgehead atoms. The molecule has 0 aliphatic rings. The van der Waals surface area contributed by atoms with Crippen molar-refractivity contribution < 1.29 is 24.3 Å². The van der Waals surface area contributed by atoms with Crippen LogP contribution in [0.2, 0.25) is 0 Å². The summed E-state index contributed by atoms with van der Waals surface area (Å²) < 4.78 is 10.9. The molecular weight excluding hydrogens is 215 g/mol. The number of thiophene rings is 1. The third-order valence-electron chi connectivity index (χ3n) is 1.43. The molecule has 0 saturated carbocycles. The van der Waals surface area contributed by atoms with Crippen LogP contribution in [-0.4, -0.2) is 20.9 Å². The molecule has 3 N–H and O–H groups in total. The quantitative estimate of drug-likeness (QED) is 0.635. The third-order valence-corrected chi connectivity index (χ3v) is 3.82. The van der Waals surface area contributed by atoms with Crippen LogP contribution in [0, 0.1) is 6.92 Å². The number of carboxylic acids is 1. The molecule has 13 heavy (non-hydrogen) atoms. The summed E-state index contributed by atoms with van der Waals surface area (Å²) in [5.74, 6) is -1.31. The second-order valence-electron chi connectivity index (χ2n) is 2.45. The van der Waals surface area contributed by atoms with E-state index in [9.17, 15) is 9.36 Å². The van der Waals surface area contributed by atoms with E-state index in [-0.39, 0.29) is 10.2 Å². The highest BCUT2D eigenvalue weighted by atomic mass is 32.1. The van der Waals surface area contributed by atoms with E-state index in [4.69, 9.17) is 14.9 Å². The Labute approximate surface area is 77.8 Å². The molecule has 0 spiro atoms. The van der Waals surface area contributed by atoms with E-state index in [0.717, 1.165) is 11.3 Å². The average molecular weight is 222 g/mol. The van der Waals surface area contributed by atoms with Crippen LogP contribution in [0.4, 0.5) is 0 Å². The van der Waals surface area contributed by atoms with Crippen LogP contribution in [0.5, 0.6) is 0 Å². The van der Waals surface area contributed by atoms with E-state index in [1.165, 1.54) is 12.3 Å². The molecule has 0 aliphatic carbocycles. The fraction of sp³-hybridized carbons (Fsp3) is 0.167. The highest BCUT2D eigenvalue weighted by molar-refractivity contribution is 7.61. The molecule has 0 saturated heterocycles. The largest absolute Gasteiger partial charge is 0.477 e. The van der Waals surface area contributed by atoms with E-state index in [1.807, 2.05) is 0 Å². The first kappa shape index (κ1) is 10.4. The van der Waals surface area contributed by atoms with E-state index in [0.29, 0.717) is 5.56 Å². The number of hydrogen-bond acceptors (Lipinski definition) is 3. The molecule has 1 aromatic heterocycles. The topological polar surface area (TPSA) is 94.8 Å². The van der Waals surface area contributed by atoms with Gasteiger partial charge in [0, 0.05) is 0 Å². The van der Waals surface area contributed by atoms with Crippen molar-refractivity contribution in [3.8, 4) is 0 Å². The van der Waals surface area contributed by atoms with Gasteiger partial charge in [-0.15, -0.1) is 11.3 Å². The maximum Gasteiger partial charge on any atom is 0.358 e. The Kier molecular flexibility index (Phi) is 2.58. The number of aryl methyl sites for hydroxylation is 1. The second kappa shape index (κ2) is 3.23. The lowest BCUT2D eigenvalue weighted by Gasteiger charge is -2.03. The van der Waals surface area contributed by atoms with Gasteiger partial charge < -0.3 is 14.9 Å². The normalized spacial score (nSPS) is 11.6. The van der Waals surface area contributed by atoms with Crippen molar-refractivity contribution in [3.63, 3.8) is 0 Å². The summed E-state index contributed by atoms with van der Waals surface area (Å²) in [5, 5.41) is 9.65. The molecule has 72 valence electrons. The first-order chi connectivity index (χ1) is 5.84. The van der Waals surface area contributed by atoms with Gasteiger partial charge in [0.1, 0.15) is 4.88 Å². The Balaban J connectivity index is 3.42. The van der Waals surface area contributed by atoms with Gasteiger partial charge in [0.15, 0.2) is 0 Å². The summed E-state index contributed by atoms with van der Waals surface area (Å²) in [5.41, 5.74) is 0.315. The fourth-order valence-corrected chi connectivity index (χ4v) is 3.22. The van der Waals surface area contributed by atoms with Crippen molar-refractivity contribution in [2.45, 2.75) is 6.92 Å². The minimum atomic E-state index is -4.47. The zero-order valence-electron chi connectivity index (χ0n) is 6.59. The minimum absolute atomic E-state index is 0.286. The molecule has 0 atom stereocenters. The minimum Gasteiger partial charge on any atom is -0.477 e. The molecule has 1 aromatic rings. The Morgan fingerprint density at radius 2 is 2.08 bits per heavy atom. The molecule has 5 nitrogen and oxygen atoms in total. The van der Waals surface area contributed by atoms with Crippen LogP contribution < -0.4 is 5.30 Å². The van der Waals surface area contributed by atoms with Gasteiger partial charge in [-0.25, -0.2) is 4.79 Å². The molecule has 0 aliphatic heterocycles. The van der Waals surface area contributed by atoms with Crippen LogP contribution in [-0.2, 0) is 4.57 Å². The maximum absolute atomic E-state index is 10.9. The Bertz CT molecular complexity index is 390. The highest BCUT2D eigenvalue weighted by Gasteiger charge is 2.28. The van der Waals surface area contributed by atoms with E-state index in [2.05, 4.69) is 0 Å². The summed E-state index contributed by atoms with van der Waals surface area (Å²) in [6, 6.07) is 0. The molecule has 1 heterocycles. The van der Waals surface area contributed by atoms with Crippen LogP contribution in [0.3, 0.4) is 0 Å². The van der Waals surface area contributed by atoms with Crippen molar-refractivity contribution in [1.29, 1.82) is 0 Å². The third kappa shape index (κ3) is 1.97. The molecule has 7 heteroatoms. The molecule has 1 rings (SSSR count). The lowest BCUT2D eigenvalue weighted by molar-refractivity contribution is 0.0703. The summed E-state index contributed by atoms with van der Waals surface area (Å²) in [4.78, 5) is 27.9. The Hall–Kier alpha value is -0.680. The Morgan fingerprint density at radius 3 is 2.38 bits per heavy atom. The van der Waals surface area contributed by atoms with Crippen molar-refractivity contribution >= 4 is 30.2 Å². The van der Waals surface area contributed by atoms with Gasteiger partial charge in [0.25, 0.3) is 0 Å². The van der Waals surface area contributed by atoms with Gasteiger partial charge in [-0.1, -0.05) is 0 Å². The van der Waals surface area contributed by atoms with Crippen LogP contribution >= 0.6 is 18.9 Å². The molecule has 0 unspecified atom stereocenters. The summed E-state index contributed by atoms with van der Waals surface area (Å²) in [7, 11) is -4.47. The Morgan fingerprint density at radius 1 is 1.54 bits per heavy atom. The summed E-state index contributed by atoms with van der Waals surface area (Å²) in [6.45, 7) is 1.47. The van der Waals surface area contributed by atoms with Gasteiger partial charge in [-0.2, -0.15) is 0 Å². The van der Waals surface area contributed by atoms with Gasteiger partial charge >= 0.3 is 13.6 Å². The molecule has 0 radical (unpaired) electrons. The fourth-order valence-electron chi connectivity index (χ4n) is 0.952. The van der Waals surface area contributed by atoms with E-state index in [1.54, 1.807) is 0 Å². The monoisotopic (exact) mass is 222 g/mol. The SMILES string of the molecule is Cc1csc(C(=O)O)c1P(=O)(O)O.